The Labute approximate surface area is 103 Å². The molecular weight excluding hydrogens is 214 g/mol. The van der Waals surface area contributed by atoms with Gasteiger partial charge in [0, 0.05) is 13.0 Å². The van der Waals surface area contributed by atoms with E-state index in [1.54, 1.807) is 0 Å². The lowest BCUT2D eigenvalue weighted by Gasteiger charge is -2.11. The van der Waals surface area contributed by atoms with E-state index in [0.717, 1.165) is 31.8 Å². The van der Waals surface area contributed by atoms with Crippen molar-refractivity contribution in [2.24, 2.45) is 5.73 Å². The summed E-state index contributed by atoms with van der Waals surface area (Å²) in [5.74, 6) is 0.939. The lowest BCUT2D eigenvalue weighted by molar-refractivity contribution is 0.0903. The minimum Gasteiger partial charge on any atom is -0.493 e. The predicted molar refractivity (Wildman–Crippen MR) is 68.3 cm³/mol. The number of benzene rings is 1. The van der Waals surface area contributed by atoms with Crippen molar-refractivity contribution in [1.82, 2.24) is 0 Å². The van der Waals surface area contributed by atoms with Crippen LogP contribution in [-0.4, -0.2) is 25.9 Å². The minimum absolute atomic E-state index is 0.405. The SMILES string of the molecule is NCCc1cccc(OCCC2CCCO2)c1. The molecule has 2 rings (SSSR count). The molecule has 0 bridgehead atoms. The molecule has 1 aromatic carbocycles. The van der Waals surface area contributed by atoms with Gasteiger partial charge < -0.3 is 15.2 Å². The van der Waals surface area contributed by atoms with Crippen molar-refractivity contribution >= 4 is 0 Å². The summed E-state index contributed by atoms with van der Waals surface area (Å²) in [4.78, 5) is 0. The molecule has 94 valence electrons. The van der Waals surface area contributed by atoms with Gasteiger partial charge in [-0.3, -0.25) is 0 Å². The fourth-order valence-corrected chi connectivity index (χ4v) is 2.14. The van der Waals surface area contributed by atoms with E-state index in [-0.39, 0.29) is 0 Å². The van der Waals surface area contributed by atoms with Gasteiger partial charge in [0.1, 0.15) is 5.75 Å². The Kier molecular flexibility index (Phi) is 4.83. The molecule has 1 atom stereocenters. The molecule has 1 aliphatic rings. The van der Waals surface area contributed by atoms with Crippen LogP contribution in [0.15, 0.2) is 24.3 Å². The lowest BCUT2D eigenvalue weighted by Crippen LogP contribution is -2.10. The van der Waals surface area contributed by atoms with Crippen LogP contribution in [-0.2, 0) is 11.2 Å². The monoisotopic (exact) mass is 235 g/mol. The average Bonchev–Trinajstić information content (AvgIpc) is 2.83. The first-order chi connectivity index (χ1) is 8.38. The summed E-state index contributed by atoms with van der Waals surface area (Å²) in [6.07, 6.45) is 4.67. The molecule has 0 amide bonds. The summed E-state index contributed by atoms with van der Waals surface area (Å²) >= 11 is 0. The molecule has 0 radical (unpaired) electrons. The van der Waals surface area contributed by atoms with E-state index in [9.17, 15) is 0 Å². The van der Waals surface area contributed by atoms with Gasteiger partial charge >= 0.3 is 0 Å². The van der Waals surface area contributed by atoms with Crippen molar-refractivity contribution in [2.75, 3.05) is 19.8 Å². The van der Waals surface area contributed by atoms with Crippen molar-refractivity contribution in [3.05, 3.63) is 29.8 Å². The Morgan fingerprint density at radius 3 is 3.12 bits per heavy atom. The van der Waals surface area contributed by atoms with Crippen LogP contribution in [0.25, 0.3) is 0 Å². The van der Waals surface area contributed by atoms with E-state index in [1.807, 2.05) is 12.1 Å². The zero-order valence-corrected chi connectivity index (χ0v) is 10.2. The van der Waals surface area contributed by atoms with Crippen molar-refractivity contribution < 1.29 is 9.47 Å². The van der Waals surface area contributed by atoms with E-state index in [0.29, 0.717) is 12.6 Å². The van der Waals surface area contributed by atoms with Gasteiger partial charge in [-0.25, -0.2) is 0 Å². The molecular formula is C14H21NO2. The Morgan fingerprint density at radius 1 is 1.41 bits per heavy atom. The first-order valence-corrected chi connectivity index (χ1v) is 6.42. The zero-order chi connectivity index (χ0) is 11.9. The third kappa shape index (κ3) is 4.02. The largest absolute Gasteiger partial charge is 0.493 e. The van der Waals surface area contributed by atoms with Gasteiger partial charge in [0.25, 0.3) is 0 Å². The van der Waals surface area contributed by atoms with E-state index >= 15 is 0 Å². The molecule has 3 nitrogen and oxygen atoms in total. The summed E-state index contributed by atoms with van der Waals surface area (Å²) in [5, 5.41) is 0. The summed E-state index contributed by atoms with van der Waals surface area (Å²) in [5.41, 5.74) is 6.77. The molecule has 1 aliphatic heterocycles. The Balaban J connectivity index is 1.75. The van der Waals surface area contributed by atoms with Crippen LogP contribution in [0.4, 0.5) is 0 Å². The summed E-state index contributed by atoms with van der Waals surface area (Å²) < 4.78 is 11.3. The molecule has 1 unspecified atom stereocenters. The van der Waals surface area contributed by atoms with Crippen LogP contribution in [0.1, 0.15) is 24.8 Å². The second-order valence-corrected chi connectivity index (χ2v) is 4.46. The topological polar surface area (TPSA) is 44.5 Å². The van der Waals surface area contributed by atoms with Crippen LogP contribution in [0.2, 0.25) is 0 Å². The number of hydrogen-bond donors (Lipinski definition) is 1. The molecule has 1 heterocycles. The van der Waals surface area contributed by atoms with E-state index in [2.05, 4.69) is 12.1 Å². The molecule has 1 saturated heterocycles. The second-order valence-electron chi connectivity index (χ2n) is 4.46. The van der Waals surface area contributed by atoms with Gasteiger partial charge in [0.05, 0.1) is 12.7 Å². The van der Waals surface area contributed by atoms with Gasteiger partial charge in [-0.15, -0.1) is 0 Å². The minimum atomic E-state index is 0.405. The fourth-order valence-electron chi connectivity index (χ4n) is 2.14. The van der Waals surface area contributed by atoms with Gasteiger partial charge in [0.2, 0.25) is 0 Å². The molecule has 1 aromatic rings. The average molecular weight is 235 g/mol. The molecule has 1 fully saturated rings. The summed E-state index contributed by atoms with van der Waals surface area (Å²) in [6, 6.07) is 8.17. The van der Waals surface area contributed by atoms with Crippen LogP contribution in [0.3, 0.4) is 0 Å². The van der Waals surface area contributed by atoms with E-state index in [1.165, 1.54) is 18.4 Å². The highest BCUT2D eigenvalue weighted by Crippen LogP contribution is 2.17. The van der Waals surface area contributed by atoms with Crippen molar-refractivity contribution in [1.29, 1.82) is 0 Å². The van der Waals surface area contributed by atoms with Gasteiger partial charge in [-0.05, 0) is 43.5 Å². The van der Waals surface area contributed by atoms with Crippen LogP contribution in [0.5, 0.6) is 5.75 Å². The second kappa shape index (κ2) is 6.62. The number of rotatable bonds is 6. The number of ether oxygens (including phenoxy) is 2. The first kappa shape index (κ1) is 12.4. The molecule has 2 N–H and O–H groups in total. The Hall–Kier alpha value is -1.06. The standard InChI is InChI=1S/C14H21NO2/c15-8-6-12-3-1-4-14(11-12)17-10-7-13-5-2-9-16-13/h1,3-4,11,13H,2,5-10,15H2. The van der Waals surface area contributed by atoms with Crippen LogP contribution >= 0.6 is 0 Å². The highest BCUT2D eigenvalue weighted by atomic mass is 16.5. The molecule has 0 aromatic heterocycles. The maximum absolute atomic E-state index is 5.73. The lowest BCUT2D eigenvalue weighted by atomic mass is 10.1. The van der Waals surface area contributed by atoms with Gasteiger partial charge in [0.15, 0.2) is 0 Å². The number of hydrogen-bond acceptors (Lipinski definition) is 3. The summed E-state index contributed by atoms with van der Waals surface area (Å²) in [6.45, 7) is 2.33. The highest BCUT2D eigenvalue weighted by Gasteiger charge is 2.14. The van der Waals surface area contributed by atoms with Crippen LogP contribution in [0, 0.1) is 0 Å². The van der Waals surface area contributed by atoms with Gasteiger partial charge in [-0.1, -0.05) is 12.1 Å². The zero-order valence-electron chi connectivity index (χ0n) is 10.2. The molecule has 3 heteroatoms. The molecule has 0 spiro atoms. The van der Waals surface area contributed by atoms with Crippen molar-refractivity contribution in [2.45, 2.75) is 31.8 Å². The normalized spacial score (nSPS) is 19.5. The maximum Gasteiger partial charge on any atom is 0.119 e. The quantitative estimate of drug-likeness (QED) is 0.821. The third-order valence-electron chi connectivity index (χ3n) is 3.06. The van der Waals surface area contributed by atoms with Crippen molar-refractivity contribution in [3.8, 4) is 5.75 Å². The summed E-state index contributed by atoms with van der Waals surface area (Å²) in [7, 11) is 0. The van der Waals surface area contributed by atoms with Gasteiger partial charge in [-0.2, -0.15) is 0 Å². The third-order valence-corrected chi connectivity index (χ3v) is 3.06. The number of nitrogens with two attached hydrogens (primary N) is 1. The predicted octanol–water partition coefficient (Wildman–Crippen LogP) is 2.14. The van der Waals surface area contributed by atoms with E-state index < -0.39 is 0 Å². The smallest absolute Gasteiger partial charge is 0.119 e. The van der Waals surface area contributed by atoms with Crippen LogP contribution < -0.4 is 10.5 Å². The van der Waals surface area contributed by atoms with E-state index in [4.69, 9.17) is 15.2 Å². The molecule has 17 heavy (non-hydrogen) atoms. The molecule has 0 aliphatic carbocycles. The Bertz CT molecular complexity index is 335. The maximum atomic E-state index is 5.73. The highest BCUT2D eigenvalue weighted by molar-refractivity contribution is 5.28. The fraction of sp³-hybridized carbons (Fsp3) is 0.571. The first-order valence-electron chi connectivity index (χ1n) is 6.42. The Morgan fingerprint density at radius 2 is 2.35 bits per heavy atom. The molecule has 0 saturated carbocycles. The van der Waals surface area contributed by atoms with Crippen molar-refractivity contribution in [3.63, 3.8) is 0 Å².